The van der Waals surface area contributed by atoms with E-state index >= 15 is 0 Å². The number of nitrogens with one attached hydrogen (secondary N) is 2. The first-order valence-electron chi connectivity index (χ1n) is 8.16. The van der Waals surface area contributed by atoms with E-state index in [1.54, 1.807) is 31.3 Å². The Bertz CT molecular complexity index is 735. The Morgan fingerprint density at radius 2 is 1.58 bits per heavy atom. The highest BCUT2D eigenvalue weighted by atomic mass is 16.2. The van der Waals surface area contributed by atoms with Gasteiger partial charge in [-0.1, -0.05) is 12.1 Å². The minimum atomic E-state index is -0.227. The van der Waals surface area contributed by atoms with Gasteiger partial charge >= 0.3 is 0 Å². The van der Waals surface area contributed by atoms with E-state index in [1.807, 2.05) is 24.3 Å². The Hall–Kier alpha value is -2.82. The van der Waals surface area contributed by atoms with Crippen molar-refractivity contribution in [3.8, 4) is 0 Å². The van der Waals surface area contributed by atoms with Gasteiger partial charge in [-0.3, -0.25) is 9.59 Å². The fraction of sp³-hybridized carbons (Fsp3) is 0.263. The molecule has 1 aliphatic heterocycles. The molecular formula is C19H21N3O2. The van der Waals surface area contributed by atoms with Gasteiger partial charge in [0.25, 0.3) is 11.8 Å². The van der Waals surface area contributed by atoms with E-state index in [2.05, 4.69) is 15.5 Å². The summed E-state index contributed by atoms with van der Waals surface area (Å²) in [4.78, 5) is 26.7. The summed E-state index contributed by atoms with van der Waals surface area (Å²) in [5.41, 5.74) is 2.67. The maximum absolute atomic E-state index is 12.5. The topological polar surface area (TPSA) is 61.4 Å². The third kappa shape index (κ3) is 3.40. The molecule has 1 fully saturated rings. The van der Waals surface area contributed by atoms with E-state index in [9.17, 15) is 9.59 Å². The quantitative estimate of drug-likeness (QED) is 0.909. The summed E-state index contributed by atoms with van der Waals surface area (Å²) in [5, 5.41) is 5.40. The smallest absolute Gasteiger partial charge is 0.255 e. The van der Waals surface area contributed by atoms with Crippen LogP contribution >= 0.6 is 0 Å². The lowest BCUT2D eigenvalue weighted by atomic mass is 10.1. The van der Waals surface area contributed by atoms with E-state index in [-0.39, 0.29) is 11.8 Å². The summed E-state index contributed by atoms with van der Waals surface area (Å²) < 4.78 is 0. The molecule has 0 atom stereocenters. The van der Waals surface area contributed by atoms with Crippen LogP contribution in [0.5, 0.6) is 0 Å². The molecule has 2 N–H and O–H groups in total. The van der Waals surface area contributed by atoms with Crippen molar-refractivity contribution in [2.24, 2.45) is 0 Å². The summed E-state index contributed by atoms with van der Waals surface area (Å²) in [6, 6.07) is 14.6. The van der Waals surface area contributed by atoms with Gasteiger partial charge in [-0.15, -0.1) is 0 Å². The first-order chi connectivity index (χ1) is 11.7. The number of hydrogen-bond donors (Lipinski definition) is 2. The molecule has 2 aromatic rings. The molecule has 124 valence electrons. The number of carbonyl (C=O) groups is 2. The van der Waals surface area contributed by atoms with Crippen molar-refractivity contribution in [3.63, 3.8) is 0 Å². The largest absolute Gasteiger partial charge is 0.372 e. The van der Waals surface area contributed by atoms with Crippen LogP contribution in [-0.2, 0) is 0 Å². The Labute approximate surface area is 141 Å². The minimum absolute atomic E-state index is 0.223. The number of amides is 2. The van der Waals surface area contributed by atoms with Gasteiger partial charge in [0.1, 0.15) is 0 Å². The number of anilines is 2. The second-order valence-electron chi connectivity index (χ2n) is 5.82. The van der Waals surface area contributed by atoms with Crippen LogP contribution in [0.3, 0.4) is 0 Å². The highest BCUT2D eigenvalue weighted by molar-refractivity contribution is 6.09. The van der Waals surface area contributed by atoms with Gasteiger partial charge in [0.2, 0.25) is 0 Å². The summed E-state index contributed by atoms with van der Waals surface area (Å²) in [6.07, 6.45) is 2.44. The van der Waals surface area contributed by atoms with Crippen LogP contribution in [0, 0.1) is 0 Å². The molecule has 2 amide bonds. The van der Waals surface area contributed by atoms with Gasteiger partial charge in [-0.2, -0.15) is 0 Å². The van der Waals surface area contributed by atoms with E-state index in [4.69, 9.17) is 0 Å². The average molecular weight is 323 g/mol. The van der Waals surface area contributed by atoms with E-state index in [0.717, 1.165) is 18.8 Å². The van der Waals surface area contributed by atoms with E-state index in [1.165, 1.54) is 12.8 Å². The maximum atomic E-state index is 12.5. The van der Waals surface area contributed by atoms with Gasteiger partial charge < -0.3 is 15.5 Å². The predicted octanol–water partition coefficient (Wildman–Crippen LogP) is 2.90. The first-order valence-corrected chi connectivity index (χ1v) is 8.16. The first kappa shape index (κ1) is 16.1. The molecule has 2 aromatic carbocycles. The molecule has 0 bridgehead atoms. The van der Waals surface area contributed by atoms with Gasteiger partial charge in [0.05, 0.1) is 11.3 Å². The number of rotatable bonds is 4. The number of hydrogen-bond acceptors (Lipinski definition) is 3. The lowest BCUT2D eigenvalue weighted by molar-refractivity contribution is 0.0964. The monoisotopic (exact) mass is 323 g/mol. The van der Waals surface area contributed by atoms with E-state index < -0.39 is 0 Å². The van der Waals surface area contributed by atoms with Gasteiger partial charge in [0, 0.05) is 31.4 Å². The summed E-state index contributed by atoms with van der Waals surface area (Å²) in [7, 11) is 1.57. The molecule has 0 unspecified atom stereocenters. The van der Waals surface area contributed by atoms with Crippen LogP contribution in [0.2, 0.25) is 0 Å². The second kappa shape index (κ2) is 7.17. The van der Waals surface area contributed by atoms with Crippen molar-refractivity contribution in [2.75, 3.05) is 30.4 Å². The highest BCUT2D eigenvalue weighted by Gasteiger charge is 2.15. The fourth-order valence-corrected chi connectivity index (χ4v) is 2.92. The predicted molar refractivity (Wildman–Crippen MR) is 95.7 cm³/mol. The lowest BCUT2D eigenvalue weighted by Crippen LogP contribution is -2.21. The zero-order valence-electron chi connectivity index (χ0n) is 13.7. The van der Waals surface area contributed by atoms with Crippen molar-refractivity contribution in [1.82, 2.24) is 5.32 Å². The molecule has 1 heterocycles. The van der Waals surface area contributed by atoms with Crippen molar-refractivity contribution in [2.45, 2.75) is 12.8 Å². The summed E-state index contributed by atoms with van der Waals surface area (Å²) in [5.74, 6) is -0.449. The van der Waals surface area contributed by atoms with Crippen LogP contribution in [-0.4, -0.2) is 32.0 Å². The average Bonchev–Trinajstić information content (AvgIpc) is 3.16. The van der Waals surface area contributed by atoms with Crippen molar-refractivity contribution in [3.05, 3.63) is 59.7 Å². The zero-order valence-corrected chi connectivity index (χ0v) is 13.7. The number of para-hydroxylation sites is 1. The highest BCUT2D eigenvalue weighted by Crippen LogP contribution is 2.21. The molecule has 3 rings (SSSR count). The molecule has 1 aliphatic rings. The van der Waals surface area contributed by atoms with Crippen LogP contribution in [0.15, 0.2) is 48.5 Å². The van der Waals surface area contributed by atoms with Gasteiger partial charge in [-0.25, -0.2) is 0 Å². The number of benzene rings is 2. The minimum Gasteiger partial charge on any atom is -0.372 e. The van der Waals surface area contributed by atoms with Crippen LogP contribution in [0.25, 0.3) is 0 Å². The molecule has 5 heteroatoms. The van der Waals surface area contributed by atoms with Crippen molar-refractivity contribution < 1.29 is 9.59 Å². The zero-order chi connectivity index (χ0) is 16.9. The second-order valence-corrected chi connectivity index (χ2v) is 5.82. The molecule has 0 aromatic heterocycles. The van der Waals surface area contributed by atoms with Crippen LogP contribution in [0.4, 0.5) is 11.4 Å². The molecule has 0 saturated carbocycles. The third-order valence-corrected chi connectivity index (χ3v) is 4.25. The Morgan fingerprint density at radius 1 is 0.917 bits per heavy atom. The third-order valence-electron chi connectivity index (χ3n) is 4.25. The van der Waals surface area contributed by atoms with Crippen LogP contribution in [0.1, 0.15) is 33.6 Å². The SMILES string of the molecule is CNC(=O)c1ccccc1NC(=O)c1ccc(N2CCCC2)cc1. The Morgan fingerprint density at radius 3 is 2.25 bits per heavy atom. The van der Waals surface area contributed by atoms with Crippen molar-refractivity contribution >= 4 is 23.2 Å². The number of nitrogens with zero attached hydrogens (tertiary/aromatic N) is 1. The standard InChI is InChI=1S/C19H21N3O2/c1-20-19(24)16-6-2-3-7-17(16)21-18(23)14-8-10-15(11-9-14)22-12-4-5-13-22/h2-3,6-11H,4-5,12-13H2,1H3,(H,20,24)(H,21,23). The molecular weight excluding hydrogens is 302 g/mol. The molecule has 24 heavy (non-hydrogen) atoms. The molecule has 1 saturated heterocycles. The number of carbonyl (C=O) groups excluding carboxylic acids is 2. The van der Waals surface area contributed by atoms with Crippen molar-refractivity contribution in [1.29, 1.82) is 0 Å². The maximum Gasteiger partial charge on any atom is 0.255 e. The Balaban J connectivity index is 1.74. The normalized spacial score (nSPS) is 13.6. The lowest BCUT2D eigenvalue weighted by Gasteiger charge is -2.17. The molecule has 0 spiro atoms. The summed E-state index contributed by atoms with van der Waals surface area (Å²) >= 11 is 0. The Kier molecular flexibility index (Phi) is 4.79. The van der Waals surface area contributed by atoms with Crippen LogP contribution < -0.4 is 15.5 Å². The summed E-state index contributed by atoms with van der Waals surface area (Å²) in [6.45, 7) is 2.15. The fourth-order valence-electron chi connectivity index (χ4n) is 2.92. The molecule has 0 aliphatic carbocycles. The molecule has 5 nitrogen and oxygen atoms in total. The van der Waals surface area contributed by atoms with Gasteiger partial charge in [-0.05, 0) is 49.2 Å². The van der Waals surface area contributed by atoms with Gasteiger partial charge in [0.15, 0.2) is 0 Å². The molecule has 0 radical (unpaired) electrons. The van der Waals surface area contributed by atoms with E-state index in [0.29, 0.717) is 16.8 Å².